The molecule has 0 aromatic heterocycles. The van der Waals surface area contributed by atoms with E-state index in [2.05, 4.69) is 10.6 Å². The molecule has 0 bridgehead atoms. The van der Waals surface area contributed by atoms with Crippen molar-refractivity contribution in [3.05, 3.63) is 23.8 Å². The molecule has 0 radical (unpaired) electrons. The fraction of sp³-hybridized carbons (Fsp3) is 0.308. The predicted octanol–water partition coefficient (Wildman–Crippen LogP) is 0.454. The number of methoxy groups -OCH3 is 1. The fourth-order valence-corrected chi connectivity index (χ4v) is 1.68. The van der Waals surface area contributed by atoms with Crippen molar-refractivity contribution in [3.63, 3.8) is 0 Å². The number of nitrogens with one attached hydrogen (secondary N) is 2. The number of ether oxygens (including phenoxy) is 1. The highest BCUT2D eigenvalue weighted by atomic mass is 16.5. The quantitative estimate of drug-likeness (QED) is 0.605. The Bertz CT molecular complexity index is 559. The first-order valence-electron chi connectivity index (χ1n) is 6.06. The maximum atomic E-state index is 11.7. The first-order valence-corrected chi connectivity index (χ1v) is 6.06. The van der Waals surface area contributed by atoms with E-state index in [-0.39, 0.29) is 0 Å². The normalized spacial score (nSPS) is 11.3. The molecule has 8 heteroatoms. The van der Waals surface area contributed by atoms with Crippen molar-refractivity contribution in [3.8, 4) is 5.75 Å². The van der Waals surface area contributed by atoms with Crippen molar-refractivity contribution in [1.29, 1.82) is 0 Å². The monoisotopic (exact) mass is 295 g/mol. The summed E-state index contributed by atoms with van der Waals surface area (Å²) in [5.41, 5.74) is 6.20. The number of anilines is 1. The third-order valence-electron chi connectivity index (χ3n) is 2.66. The van der Waals surface area contributed by atoms with Gasteiger partial charge in [0.15, 0.2) is 0 Å². The molecule has 0 fully saturated rings. The van der Waals surface area contributed by atoms with Gasteiger partial charge in [0.2, 0.25) is 5.91 Å². The van der Waals surface area contributed by atoms with Crippen LogP contribution in [0.2, 0.25) is 0 Å². The molecular weight excluding hydrogens is 278 g/mol. The van der Waals surface area contributed by atoms with Crippen LogP contribution in [-0.2, 0) is 9.59 Å². The van der Waals surface area contributed by atoms with Gasteiger partial charge in [-0.2, -0.15) is 0 Å². The summed E-state index contributed by atoms with van der Waals surface area (Å²) >= 11 is 0. The molecule has 3 amide bonds. The topological polar surface area (TPSA) is 131 Å². The van der Waals surface area contributed by atoms with Gasteiger partial charge in [-0.05, 0) is 30.7 Å². The van der Waals surface area contributed by atoms with E-state index in [1.807, 2.05) is 0 Å². The van der Waals surface area contributed by atoms with Crippen molar-refractivity contribution in [1.82, 2.24) is 5.32 Å². The zero-order valence-corrected chi connectivity index (χ0v) is 11.7. The molecule has 0 spiro atoms. The average Bonchev–Trinajstić information content (AvgIpc) is 2.37. The van der Waals surface area contributed by atoms with Crippen LogP contribution >= 0.6 is 0 Å². The molecule has 0 unspecified atom stereocenters. The molecule has 0 aliphatic heterocycles. The van der Waals surface area contributed by atoms with Gasteiger partial charge in [0.25, 0.3) is 0 Å². The molecular formula is C13H17N3O5. The van der Waals surface area contributed by atoms with Crippen LogP contribution in [0, 0.1) is 6.92 Å². The minimum atomic E-state index is -1.37. The summed E-state index contributed by atoms with van der Waals surface area (Å²) in [6.45, 7) is 1.80. The summed E-state index contributed by atoms with van der Waals surface area (Å²) < 4.78 is 5.09. The summed E-state index contributed by atoms with van der Waals surface area (Å²) in [5, 5.41) is 13.5. The largest absolute Gasteiger partial charge is 0.496 e. The van der Waals surface area contributed by atoms with Gasteiger partial charge >= 0.3 is 12.0 Å². The van der Waals surface area contributed by atoms with Crippen LogP contribution in [-0.4, -0.2) is 36.2 Å². The van der Waals surface area contributed by atoms with Gasteiger partial charge in [0.1, 0.15) is 11.8 Å². The predicted molar refractivity (Wildman–Crippen MR) is 75.1 cm³/mol. The molecule has 0 saturated carbocycles. The molecule has 0 aliphatic carbocycles. The number of rotatable bonds is 6. The third kappa shape index (κ3) is 5.01. The molecule has 5 N–H and O–H groups in total. The van der Waals surface area contributed by atoms with Crippen LogP contribution in [0.1, 0.15) is 12.0 Å². The van der Waals surface area contributed by atoms with Crippen LogP contribution in [0.25, 0.3) is 0 Å². The van der Waals surface area contributed by atoms with Crippen LogP contribution in [0.5, 0.6) is 5.75 Å². The second-order valence-electron chi connectivity index (χ2n) is 4.34. The van der Waals surface area contributed by atoms with Gasteiger partial charge in [0.05, 0.1) is 13.5 Å². The van der Waals surface area contributed by atoms with Crippen molar-refractivity contribution < 1.29 is 24.2 Å². The first kappa shape index (κ1) is 16.3. The van der Waals surface area contributed by atoms with E-state index >= 15 is 0 Å². The van der Waals surface area contributed by atoms with E-state index in [1.54, 1.807) is 25.1 Å². The van der Waals surface area contributed by atoms with Gasteiger partial charge in [-0.1, -0.05) is 0 Å². The minimum absolute atomic E-state index is 0.467. The van der Waals surface area contributed by atoms with Gasteiger partial charge in [-0.3, -0.25) is 4.79 Å². The lowest BCUT2D eigenvalue weighted by Gasteiger charge is -2.14. The van der Waals surface area contributed by atoms with E-state index < -0.39 is 30.4 Å². The number of carbonyl (C=O) groups is 3. The molecule has 1 aromatic rings. The Kier molecular flexibility index (Phi) is 5.53. The SMILES string of the molecule is COc1ccc(NC(=O)N[C@@H](CC(N)=O)C(=O)O)cc1C. The van der Waals surface area contributed by atoms with Crippen LogP contribution in [0.15, 0.2) is 18.2 Å². The zero-order chi connectivity index (χ0) is 16.0. The van der Waals surface area contributed by atoms with Crippen LogP contribution in [0.3, 0.4) is 0 Å². The molecule has 0 saturated heterocycles. The maximum Gasteiger partial charge on any atom is 0.326 e. The van der Waals surface area contributed by atoms with E-state index in [9.17, 15) is 14.4 Å². The second kappa shape index (κ2) is 7.13. The number of aliphatic carboxylic acids is 1. The lowest BCUT2D eigenvalue weighted by Crippen LogP contribution is -2.45. The minimum Gasteiger partial charge on any atom is -0.496 e. The summed E-state index contributed by atoms with van der Waals surface area (Å²) in [5.74, 6) is -1.49. The molecule has 8 nitrogen and oxygen atoms in total. The number of urea groups is 1. The van der Waals surface area contributed by atoms with Gasteiger partial charge in [0, 0.05) is 5.69 Å². The number of hydrogen-bond acceptors (Lipinski definition) is 4. The maximum absolute atomic E-state index is 11.7. The highest BCUT2D eigenvalue weighted by Gasteiger charge is 2.22. The second-order valence-corrected chi connectivity index (χ2v) is 4.34. The average molecular weight is 295 g/mol. The van der Waals surface area contributed by atoms with E-state index in [1.165, 1.54) is 7.11 Å². The number of carboxylic acids is 1. The lowest BCUT2D eigenvalue weighted by atomic mass is 10.2. The Morgan fingerprint density at radius 1 is 1.38 bits per heavy atom. The lowest BCUT2D eigenvalue weighted by molar-refractivity contribution is -0.140. The fourth-order valence-electron chi connectivity index (χ4n) is 1.68. The van der Waals surface area contributed by atoms with Crippen molar-refractivity contribution in [2.45, 2.75) is 19.4 Å². The third-order valence-corrected chi connectivity index (χ3v) is 2.66. The number of aryl methyl sites for hydroxylation is 1. The summed E-state index contributed by atoms with van der Waals surface area (Å²) in [6.07, 6.45) is -0.482. The Labute approximate surface area is 121 Å². The van der Waals surface area contributed by atoms with E-state index in [0.29, 0.717) is 11.4 Å². The Balaban J connectivity index is 2.69. The molecule has 114 valence electrons. The van der Waals surface area contributed by atoms with E-state index in [4.69, 9.17) is 15.6 Å². The summed E-state index contributed by atoms with van der Waals surface area (Å²) in [7, 11) is 1.53. The Morgan fingerprint density at radius 2 is 2.05 bits per heavy atom. The number of benzene rings is 1. The highest BCUT2D eigenvalue weighted by molar-refractivity contribution is 5.93. The molecule has 1 atom stereocenters. The molecule has 0 aliphatic rings. The number of carbonyl (C=O) groups excluding carboxylic acids is 2. The highest BCUT2D eigenvalue weighted by Crippen LogP contribution is 2.21. The molecule has 1 rings (SSSR count). The van der Waals surface area contributed by atoms with Crippen molar-refractivity contribution in [2.24, 2.45) is 5.73 Å². The van der Waals surface area contributed by atoms with E-state index in [0.717, 1.165) is 5.56 Å². The number of nitrogens with two attached hydrogens (primary N) is 1. The number of primary amides is 1. The smallest absolute Gasteiger partial charge is 0.326 e. The van der Waals surface area contributed by atoms with Gasteiger partial charge < -0.3 is 26.2 Å². The first-order chi connectivity index (χ1) is 9.83. The summed E-state index contributed by atoms with van der Waals surface area (Å²) in [6, 6.07) is 2.83. The molecule has 21 heavy (non-hydrogen) atoms. The van der Waals surface area contributed by atoms with Gasteiger partial charge in [-0.25, -0.2) is 9.59 Å². The van der Waals surface area contributed by atoms with Crippen molar-refractivity contribution >= 4 is 23.6 Å². The number of hydrogen-bond donors (Lipinski definition) is 4. The van der Waals surface area contributed by atoms with Gasteiger partial charge in [-0.15, -0.1) is 0 Å². The number of amides is 3. The number of carboxylic acid groups (broad SMARTS) is 1. The Morgan fingerprint density at radius 3 is 2.52 bits per heavy atom. The molecule has 1 aromatic carbocycles. The Hall–Kier alpha value is -2.77. The van der Waals surface area contributed by atoms with Crippen LogP contribution in [0.4, 0.5) is 10.5 Å². The zero-order valence-electron chi connectivity index (χ0n) is 11.7. The standard InChI is InChI=1S/C13H17N3O5/c1-7-5-8(3-4-10(7)21-2)15-13(20)16-9(12(18)19)6-11(14)17/h3-5,9H,6H2,1-2H3,(H2,14,17)(H,18,19)(H2,15,16,20)/t9-/m0/s1. The van der Waals surface area contributed by atoms with Crippen LogP contribution < -0.4 is 21.1 Å². The van der Waals surface area contributed by atoms with Crippen molar-refractivity contribution in [2.75, 3.05) is 12.4 Å². The molecule has 0 heterocycles. The summed E-state index contributed by atoms with van der Waals surface area (Å²) in [4.78, 5) is 33.3.